The van der Waals surface area contributed by atoms with E-state index in [4.69, 9.17) is 9.47 Å². The Morgan fingerprint density at radius 2 is 1.97 bits per heavy atom. The fourth-order valence-electron chi connectivity index (χ4n) is 5.24. The Balaban J connectivity index is 1.24. The third kappa shape index (κ3) is 4.89. The predicted molar refractivity (Wildman–Crippen MR) is 135 cm³/mol. The monoisotopic (exact) mass is 474 g/mol. The molecule has 182 valence electrons. The molecular formula is C29H31FN2O3. The molecule has 3 aromatic carbocycles. The number of fused-ring (bicyclic) bond motifs is 1. The average molecular weight is 475 g/mol. The molecule has 0 aromatic heterocycles. The van der Waals surface area contributed by atoms with Gasteiger partial charge in [0.05, 0.1) is 7.11 Å². The number of benzene rings is 3. The first-order valence-electron chi connectivity index (χ1n) is 12.3. The lowest BCUT2D eigenvalue weighted by atomic mass is 9.89. The van der Waals surface area contributed by atoms with Crippen LogP contribution in [0.4, 0.5) is 10.1 Å². The highest BCUT2D eigenvalue weighted by Gasteiger charge is 2.42. The largest absolute Gasteiger partial charge is 0.496 e. The molecule has 35 heavy (non-hydrogen) atoms. The summed E-state index contributed by atoms with van der Waals surface area (Å²) in [6.07, 6.45) is 3.12. The van der Waals surface area contributed by atoms with E-state index in [-0.39, 0.29) is 11.7 Å². The fourth-order valence-corrected chi connectivity index (χ4v) is 5.24. The van der Waals surface area contributed by atoms with E-state index in [1.807, 2.05) is 24.3 Å². The second-order valence-corrected chi connectivity index (χ2v) is 9.29. The van der Waals surface area contributed by atoms with E-state index in [0.29, 0.717) is 37.3 Å². The van der Waals surface area contributed by atoms with Gasteiger partial charge in [0, 0.05) is 43.9 Å². The molecule has 1 saturated heterocycles. The number of ether oxygens (including phenoxy) is 2. The molecule has 3 aromatic rings. The summed E-state index contributed by atoms with van der Waals surface area (Å²) < 4.78 is 25.3. The number of nitrogens with zero attached hydrogens (tertiary/aromatic N) is 1. The normalized spacial score (nSPS) is 19.0. The van der Waals surface area contributed by atoms with Gasteiger partial charge < -0.3 is 19.7 Å². The predicted octanol–water partition coefficient (Wildman–Crippen LogP) is 4.77. The molecule has 2 heterocycles. The van der Waals surface area contributed by atoms with Crippen molar-refractivity contribution in [2.45, 2.75) is 31.3 Å². The highest BCUT2D eigenvalue weighted by atomic mass is 19.1. The quantitative estimate of drug-likeness (QED) is 0.511. The molecule has 0 saturated carbocycles. The first-order valence-corrected chi connectivity index (χ1v) is 12.3. The maximum absolute atomic E-state index is 13.8. The zero-order chi connectivity index (χ0) is 24.3. The van der Waals surface area contributed by atoms with E-state index in [2.05, 4.69) is 34.5 Å². The number of halogens is 1. The van der Waals surface area contributed by atoms with Crippen LogP contribution in [0, 0.1) is 5.82 Å². The summed E-state index contributed by atoms with van der Waals surface area (Å²) in [4.78, 5) is 15.6. The van der Waals surface area contributed by atoms with Crippen molar-refractivity contribution in [3.05, 3.63) is 83.7 Å². The van der Waals surface area contributed by atoms with Gasteiger partial charge in [0.25, 0.3) is 5.91 Å². The molecule has 1 fully saturated rings. The second-order valence-electron chi connectivity index (χ2n) is 9.29. The van der Waals surface area contributed by atoms with E-state index >= 15 is 0 Å². The Hall–Kier alpha value is -3.38. The Labute approximate surface area is 205 Å². The van der Waals surface area contributed by atoms with Gasteiger partial charge in [-0.1, -0.05) is 42.5 Å². The summed E-state index contributed by atoms with van der Waals surface area (Å²) in [5.74, 6) is 0.269. The van der Waals surface area contributed by atoms with Crippen molar-refractivity contribution in [3.8, 4) is 16.9 Å². The van der Waals surface area contributed by atoms with Crippen LogP contribution in [-0.4, -0.2) is 44.9 Å². The molecule has 1 amide bonds. The van der Waals surface area contributed by atoms with Crippen LogP contribution < -0.4 is 15.0 Å². The number of para-hydroxylation sites is 1. The van der Waals surface area contributed by atoms with Crippen molar-refractivity contribution in [1.29, 1.82) is 0 Å². The lowest BCUT2D eigenvalue weighted by molar-refractivity contribution is -0.141. The van der Waals surface area contributed by atoms with Crippen LogP contribution >= 0.6 is 0 Å². The summed E-state index contributed by atoms with van der Waals surface area (Å²) >= 11 is 0. The molecule has 0 radical (unpaired) electrons. The Bertz CT molecular complexity index is 1190. The molecule has 2 aliphatic rings. The van der Waals surface area contributed by atoms with E-state index in [1.54, 1.807) is 13.2 Å². The summed E-state index contributed by atoms with van der Waals surface area (Å²) in [5, 5.41) is 3.14. The maximum atomic E-state index is 13.8. The zero-order valence-electron chi connectivity index (χ0n) is 20.1. The molecule has 1 atom stereocenters. The van der Waals surface area contributed by atoms with Crippen LogP contribution in [0.3, 0.4) is 0 Å². The van der Waals surface area contributed by atoms with E-state index in [1.165, 1.54) is 23.4 Å². The molecule has 5 nitrogen and oxygen atoms in total. The Morgan fingerprint density at radius 3 is 2.74 bits per heavy atom. The SMILES string of the molecule is COc1ccc(F)cc1-c1ccc(CC2(C(=O)NCCN3CCc4ccccc43)CCCO2)cc1. The highest BCUT2D eigenvalue weighted by Crippen LogP contribution is 2.33. The lowest BCUT2D eigenvalue weighted by Gasteiger charge is -2.28. The van der Waals surface area contributed by atoms with Gasteiger partial charge in [-0.3, -0.25) is 4.79 Å². The topological polar surface area (TPSA) is 50.8 Å². The molecule has 6 heteroatoms. The number of rotatable bonds is 8. The number of methoxy groups -OCH3 is 1. The van der Waals surface area contributed by atoms with Gasteiger partial charge >= 0.3 is 0 Å². The fraction of sp³-hybridized carbons (Fsp3) is 0.345. The molecule has 1 unspecified atom stereocenters. The van der Waals surface area contributed by atoms with Crippen LogP contribution in [0.5, 0.6) is 5.75 Å². The first-order chi connectivity index (χ1) is 17.1. The van der Waals surface area contributed by atoms with Gasteiger partial charge in [-0.15, -0.1) is 0 Å². The van der Waals surface area contributed by atoms with Crippen molar-refractivity contribution < 1.29 is 18.7 Å². The number of hydrogen-bond acceptors (Lipinski definition) is 4. The standard InChI is InChI=1S/C29H31FN2O3/c1-34-27-12-11-24(30)19-25(27)22-9-7-21(8-10-22)20-29(14-4-18-35-29)28(33)31-15-17-32-16-13-23-5-2-3-6-26(23)32/h2-3,5-12,19H,4,13-18,20H2,1H3,(H,31,33). The van der Waals surface area contributed by atoms with Crippen molar-refractivity contribution in [2.75, 3.05) is 38.3 Å². The van der Waals surface area contributed by atoms with Crippen molar-refractivity contribution in [3.63, 3.8) is 0 Å². The van der Waals surface area contributed by atoms with E-state index < -0.39 is 5.60 Å². The van der Waals surface area contributed by atoms with Gasteiger partial charge in [-0.25, -0.2) is 4.39 Å². The maximum Gasteiger partial charge on any atom is 0.252 e. The minimum absolute atomic E-state index is 0.0432. The number of anilines is 1. The third-order valence-corrected chi connectivity index (χ3v) is 7.08. The number of amides is 1. The lowest BCUT2D eigenvalue weighted by Crippen LogP contribution is -2.49. The van der Waals surface area contributed by atoms with Crippen LogP contribution in [0.1, 0.15) is 24.0 Å². The number of carbonyl (C=O) groups excluding carboxylic acids is 1. The van der Waals surface area contributed by atoms with Crippen LogP contribution in [-0.2, 0) is 22.4 Å². The Kier molecular flexibility index (Phi) is 6.73. The average Bonchev–Trinajstić information content (AvgIpc) is 3.53. The number of carbonyl (C=O) groups is 1. The van der Waals surface area contributed by atoms with Crippen molar-refractivity contribution >= 4 is 11.6 Å². The van der Waals surface area contributed by atoms with Gasteiger partial charge in [0.15, 0.2) is 5.60 Å². The molecule has 0 aliphatic carbocycles. The third-order valence-electron chi connectivity index (χ3n) is 7.08. The molecule has 1 N–H and O–H groups in total. The first kappa shape index (κ1) is 23.4. The second kappa shape index (κ2) is 10.1. The van der Waals surface area contributed by atoms with Gasteiger partial charge in [0.2, 0.25) is 0 Å². The summed E-state index contributed by atoms with van der Waals surface area (Å²) in [6.45, 7) is 2.93. The molecule has 5 rings (SSSR count). The van der Waals surface area contributed by atoms with Crippen molar-refractivity contribution in [1.82, 2.24) is 5.32 Å². The zero-order valence-corrected chi connectivity index (χ0v) is 20.1. The number of nitrogens with one attached hydrogen (secondary N) is 1. The van der Waals surface area contributed by atoms with Gasteiger partial charge in [-0.2, -0.15) is 0 Å². The van der Waals surface area contributed by atoms with Crippen LogP contribution in [0.25, 0.3) is 11.1 Å². The minimum Gasteiger partial charge on any atom is -0.496 e. The molecule has 0 spiro atoms. The molecular weight excluding hydrogens is 443 g/mol. The molecule has 2 aliphatic heterocycles. The smallest absolute Gasteiger partial charge is 0.252 e. The van der Waals surface area contributed by atoms with Gasteiger partial charge in [0.1, 0.15) is 11.6 Å². The van der Waals surface area contributed by atoms with E-state index in [9.17, 15) is 9.18 Å². The van der Waals surface area contributed by atoms with Crippen LogP contribution in [0.2, 0.25) is 0 Å². The summed E-state index contributed by atoms with van der Waals surface area (Å²) in [7, 11) is 1.58. The summed E-state index contributed by atoms with van der Waals surface area (Å²) in [5.41, 5.74) is 4.36. The van der Waals surface area contributed by atoms with E-state index in [0.717, 1.165) is 37.1 Å². The number of hydrogen-bond donors (Lipinski definition) is 1. The van der Waals surface area contributed by atoms with Crippen molar-refractivity contribution in [2.24, 2.45) is 0 Å². The Morgan fingerprint density at radius 1 is 1.14 bits per heavy atom. The minimum atomic E-state index is -0.846. The summed E-state index contributed by atoms with van der Waals surface area (Å²) in [6, 6.07) is 20.8. The van der Waals surface area contributed by atoms with Crippen LogP contribution in [0.15, 0.2) is 66.7 Å². The molecule has 0 bridgehead atoms. The highest BCUT2D eigenvalue weighted by molar-refractivity contribution is 5.86. The van der Waals surface area contributed by atoms with Gasteiger partial charge in [-0.05, 0) is 60.2 Å².